The van der Waals surface area contributed by atoms with E-state index in [2.05, 4.69) is 77.8 Å². The van der Waals surface area contributed by atoms with Gasteiger partial charge in [0.25, 0.3) is 0 Å². The lowest BCUT2D eigenvalue weighted by Gasteiger charge is -2.15. The van der Waals surface area contributed by atoms with Crippen molar-refractivity contribution >= 4 is 31.9 Å². The summed E-state index contributed by atoms with van der Waals surface area (Å²) in [7, 11) is 0. The van der Waals surface area contributed by atoms with Gasteiger partial charge in [-0.1, -0.05) is 39.8 Å². The van der Waals surface area contributed by atoms with Crippen molar-refractivity contribution in [3.63, 3.8) is 0 Å². The van der Waals surface area contributed by atoms with Crippen LogP contribution < -0.4 is 9.47 Å². The quantitative estimate of drug-likeness (QED) is 0.414. The smallest absolute Gasteiger partial charge is 0.127 e. The van der Waals surface area contributed by atoms with Gasteiger partial charge in [0.05, 0.1) is 3.39 Å². The molecular weight excluding hydrogens is 444 g/mol. The highest BCUT2D eigenvalue weighted by molar-refractivity contribution is 9.28. The number of rotatable bonds is 7. The lowest BCUT2D eigenvalue weighted by Crippen LogP contribution is -2.00. The van der Waals surface area contributed by atoms with Crippen LogP contribution in [0, 0.1) is 0 Å². The van der Waals surface area contributed by atoms with E-state index in [-0.39, 0.29) is 0 Å². The molecule has 0 N–H and O–H groups in total. The first-order valence-corrected chi connectivity index (χ1v) is 10.0. The SMILES string of the molecule is CC(C)c1ccc(Oc2ccc(OCC=C(Br)Br)c(C(C)C)c2)cc1. The predicted octanol–water partition coefficient (Wildman–Crippen LogP) is 7.74. The molecule has 0 unspecified atom stereocenters. The van der Waals surface area contributed by atoms with Crippen molar-refractivity contribution < 1.29 is 9.47 Å². The first-order valence-electron chi connectivity index (χ1n) is 8.42. The molecule has 134 valence electrons. The summed E-state index contributed by atoms with van der Waals surface area (Å²) in [5.74, 6) is 3.42. The van der Waals surface area contributed by atoms with Crippen LogP contribution in [0.3, 0.4) is 0 Å². The molecule has 0 aliphatic carbocycles. The summed E-state index contributed by atoms with van der Waals surface area (Å²) in [5, 5.41) is 0. The van der Waals surface area contributed by atoms with E-state index < -0.39 is 0 Å². The second-order valence-corrected chi connectivity index (χ2v) is 9.26. The average Bonchev–Trinajstić information content (AvgIpc) is 2.56. The third-order valence-electron chi connectivity index (χ3n) is 3.86. The number of ether oxygens (including phenoxy) is 2. The van der Waals surface area contributed by atoms with Gasteiger partial charge in [-0.15, -0.1) is 0 Å². The molecular formula is C21H24Br2O2. The highest BCUT2D eigenvalue weighted by Gasteiger charge is 2.10. The molecule has 2 rings (SSSR count). The molecule has 25 heavy (non-hydrogen) atoms. The molecule has 0 aliphatic heterocycles. The van der Waals surface area contributed by atoms with Gasteiger partial charge in [0.15, 0.2) is 0 Å². The van der Waals surface area contributed by atoms with Crippen molar-refractivity contribution in [3.05, 3.63) is 63.1 Å². The van der Waals surface area contributed by atoms with Crippen LogP contribution >= 0.6 is 31.9 Å². The van der Waals surface area contributed by atoms with E-state index in [1.54, 1.807) is 0 Å². The Morgan fingerprint density at radius 2 is 1.56 bits per heavy atom. The van der Waals surface area contributed by atoms with Crippen molar-refractivity contribution in [1.29, 1.82) is 0 Å². The van der Waals surface area contributed by atoms with Crippen LogP contribution in [-0.4, -0.2) is 6.61 Å². The zero-order valence-corrected chi connectivity index (χ0v) is 18.2. The van der Waals surface area contributed by atoms with Gasteiger partial charge in [0.2, 0.25) is 0 Å². The molecule has 2 aromatic rings. The van der Waals surface area contributed by atoms with Crippen molar-refractivity contribution in [2.45, 2.75) is 39.5 Å². The van der Waals surface area contributed by atoms with Gasteiger partial charge in [0.1, 0.15) is 23.9 Å². The highest BCUT2D eigenvalue weighted by atomic mass is 79.9. The van der Waals surface area contributed by atoms with Crippen LogP contribution in [0.1, 0.15) is 50.7 Å². The van der Waals surface area contributed by atoms with Gasteiger partial charge in [-0.05, 0) is 85.7 Å². The molecule has 0 atom stereocenters. The largest absolute Gasteiger partial charge is 0.489 e. The Labute approximate surface area is 167 Å². The van der Waals surface area contributed by atoms with E-state index >= 15 is 0 Å². The number of benzene rings is 2. The third kappa shape index (κ3) is 6.19. The van der Waals surface area contributed by atoms with Crippen molar-refractivity contribution in [2.24, 2.45) is 0 Å². The normalized spacial score (nSPS) is 10.9. The molecule has 0 heterocycles. The first kappa shape index (κ1) is 20.1. The fourth-order valence-electron chi connectivity index (χ4n) is 2.42. The second-order valence-electron chi connectivity index (χ2n) is 6.48. The van der Waals surface area contributed by atoms with Crippen molar-refractivity contribution in [1.82, 2.24) is 0 Å². The summed E-state index contributed by atoms with van der Waals surface area (Å²) in [4.78, 5) is 0. The zero-order valence-electron chi connectivity index (χ0n) is 15.1. The predicted molar refractivity (Wildman–Crippen MR) is 113 cm³/mol. The van der Waals surface area contributed by atoms with Crippen molar-refractivity contribution in [2.75, 3.05) is 6.61 Å². The number of hydrogen-bond donors (Lipinski definition) is 0. The van der Waals surface area contributed by atoms with Gasteiger partial charge in [-0.25, -0.2) is 0 Å². The maximum atomic E-state index is 6.02. The highest BCUT2D eigenvalue weighted by Crippen LogP contribution is 2.33. The van der Waals surface area contributed by atoms with Crippen LogP contribution in [0.2, 0.25) is 0 Å². The fourth-order valence-corrected chi connectivity index (χ4v) is 2.69. The Morgan fingerprint density at radius 3 is 2.12 bits per heavy atom. The van der Waals surface area contributed by atoms with Gasteiger partial charge >= 0.3 is 0 Å². The fraction of sp³-hybridized carbons (Fsp3) is 0.333. The van der Waals surface area contributed by atoms with Crippen LogP contribution in [0.25, 0.3) is 0 Å². The summed E-state index contributed by atoms with van der Waals surface area (Å²) < 4.78 is 12.8. The molecule has 2 nitrogen and oxygen atoms in total. The van der Waals surface area contributed by atoms with E-state index in [0.717, 1.165) is 26.2 Å². The van der Waals surface area contributed by atoms with Crippen molar-refractivity contribution in [3.8, 4) is 17.2 Å². The molecule has 0 aromatic heterocycles. The minimum Gasteiger partial charge on any atom is -0.489 e. The molecule has 4 heteroatoms. The average molecular weight is 468 g/mol. The Kier molecular flexibility index (Phi) is 7.57. The topological polar surface area (TPSA) is 18.5 Å². The van der Waals surface area contributed by atoms with Gasteiger partial charge in [-0.3, -0.25) is 0 Å². The number of hydrogen-bond acceptors (Lipinski definition) is 2. The maximum absolute atomic E-state index is 6.02. The number of halogens is 2. The molecule has 0 aliphatic rings. The van der Waals surface area contributed by atoms with E-state index in [0.29, 0.717) is 18.4 Å². The van der Waals surface area contributed by atoms with E-state index in [4.69, 9.17) is 9.47 Å². The maximum Gasteiger partial charge on any atom is 0.127 e. The van der Waals surface area contributed by atoms with E-state index in [1.807, 2.05) is 30.3 Å². The summed E-state index contributed by atoms with van der Waals surface area (Å²) >= 11 is 6.67. The summed E-state index contributed by atoms with van der Waals surface area (Å²) in [6.45, 7) is 9.18. The first-order chi connectivity index (χ1) is 11.9. The van der Waals surface area contributed by atoms with E-state index in [9.17, 15) is 0 Å². The Hall–Kier alpha value is -1.26. The summed E-state index contributed by atoms with van der Waals surface area (Å²) in [6, 6.07) is 14.3. The van der Waals surface area contributed by atoms with Crippen LogP contribution in [0.15, 0.2) is 51.9 Å². The standard InChI is InChI=1S/C21H24Br2O2/c1-14(2)16-5-7-17(8-6-16)25-18-9-10-20(19(13-18)15(3)4)24-12-11-21(22)23/h5-11,13-15H,12H2,1-4H3. The molecule has 0 bridgehead atoms. The third-order valence-corrected chi connectivity index (χ3v) is 4.51. The minimum absolute atomic E-state index is 0.346. The Bertz CT molecular complexity index is 715. The summed E-state index contributed by atoms with van der Waals surface area (Å²) in [5.41, 5.74) is 2.44. The lowest BCUT2D eigenvalue weighted by molar-refractivity contribution is 0.356. The molecule has 0 radical (unpaired) electrons. The van der Waals surface area contributed by atoms with E-state index in [1.165, 1.54) is 5.56 Å². The minimum atomic E-state index is 0.346. The molecule has 0 fully saturated rings. The molecule has 0 saturated heterocycles. The van der Waals surface area contributed by atoms with Gasteiger partial charge in [-0.2, -0.15) is 0 Å². The summed E-state index contributed by atoms with van der Waals surface area (Å²) in [6.07, 6.45) is 1.92. The Balaban J connectivity index is 2.16. The molecule has 0 spiro atoms. The van der Waals surface area contributed by atoms with Gasteiger partial charge in [0, 0.05) is 5.56 Å². The van der Waals surface area contributed by atoms with Gasteiger partial charge < -0.3 is 9.47 Å². The Morgan fingerprint density at radius 1 is 0.920 bits per heavy atom. The molecule has 0 amide bonds. The zero-order chi connectivity index (χ0) is 18.4. The molecule has 2 aromatic carbocycles. The lowest BCUT2D eigenvalue weighted by atomic mass is 10.0. The monoisotopic (exact) mass is 466 g/mol. The second kappa shape index (κ2) is 9.44. The van der Waals surface area contributed by atoms with Crippen LogP contribution in [-0.2, 0) is 0 Å². The van der Waals surface area contributed by atoms with Crippen LogP contribution in [0.4, 0.5) is 0 Å². The van der Waals surface area contributed by atoms with Crippen LogP contribution in [0.5, 0.6) is 17.2 Å². The molecule has 0 saturated carbocycles.